The van der Waals surface area contributed by atoms with Crippen LogP contribution in [0.15, 0.2) is 27.4 Å². The lowest BCUT2D eigenvalue weighted by atomic mass is 9.79. The van der Waals surface area contributed by atoms with Gasteiger partial charge in [-0.2, -0.15) is 0 Å². The number of rotatable bonds is 6. The smallest absolute Gasteiger partial charge is 0.408 e. The van der Waals surface area contributed by atoms with Crippen molar-refractivity contribution in [2.75, 3.05) is 7.05 Å². The van der Waals surface area contributed by atoms with E-state index in [0.717, 1.165) is 17.9 Å². The highest BCUT2D eigenvalue weighted by Gasteiger charge is 2.22. The lowest BCUT2D eigenvalue weighted by Gasteiger charge is -2.29. The summed E-state index contributed by atoms with van der Waals surface area (Å²) in [6.07, 6.45) is 6.17. The molecule has 1 N–H and O–H groups in total. The molecular weight excluding hydrogens is 264 g/mol. The molecule has 1 fully saturated rings. The molecule has 1 heterocycles. The van der Waals surface area contributed by atoms with Crippen molar-refractivity contribution in [2.24, 2.45) is 5.92 Å². The standard InChI is InChI=1S/C17H24N2O2/c1-3-9-19-15-8-7-13(11-16(15)21-17(19)20)14(18-2)10-12-5-4-6-12/h7-8,11-12,14,18H,3-6,9-10H2,1-2H3. The molecule has 1 aliphatic carbocycles. The van der Waals surface area contributed by atoms with Crippen molar-refractivity contribution in [2.45, 2.75) is 51.6 Å². The summed E-state index contributed by atoms with van der Waals surface area (Å²) >= 11 is 0. The fourth-order valence-electron chi connectivity index (χ4n) is 3.22. The highest BCUT2D eigenvalue weighted by Crippen LogP contribution is 2.35. The van der Waals surface area contributed by atoms with Gasteiger partial charge >= 0.3 is 5.76 Å². The predicted molar refractivity (Wildman–Crippen MR) is 84.5 cm³/mol. The molecule has 1 saturated carbocycles. The Labute approximate surface area is 125 Å². The summed E-state index contributed by atoms with van der Waals surface area (Å²) in [6.45, 7) is 2.78. The van der Waals surface area contributed by atoms with E-state index in [0.29, 0.717) is 18.2 Å². The molecular formula is C17H24N2O2. The number of nitrogens with one attached hydrogen (secondary N) is 1. The summed E-state index contributed by atoms with van der Waals surface area (Å²) < 4.78 is 7.13. The second-order valence-electron chi connectivity index (χ2n) is 6.12. The minimum absolute atomic E-state index is 0.246. The van der Waals surface area contributed by atoms with Crippen LogP contribution in [0.5, 0.6) is 0 Å². The van der Waals surface area contributed by atoms with Crippen LogP contribution in [-0.2, 0) is 6.54 Å². The van der Waals surface area contributed by atoms with Crippen LogP contribution < -0.4 is 11.1 Å². The van der Waals surface area contributed by atoms with E-state index in [-0.39, 0.29) is 5.76 Å². The molecule has 1 atom stereocenters. The van der Waals surface area contributed by atoms with Crippen molar-refractivity contribution in [3.63, 3.8) is 0 Å². The molecule has 2 aromatic rings. The van der Waals surface area contributed by atoms with Gasteiger partial charge in [-0.15, -0.1) is 0 Å². The monoisotopic (exact) mass is 288 g/mol. The first-order valence-corrected chi connectivity index (χ1v) is 8.03. The zero-order valence-electron chi connectivity index (χ0n) is 12.9. The predicted octanol–water partition coefficient (Wildman–Crippen LogP) is 3.46. The molecule has 4 heteroatoms. The Kier molecular flexibility index (Phi) is 4.15. The van der Waals surface area contributed by atoms with Crippen LogP contribution >= 0.6 is 0 Å². The van der Waals surface area contributed by atoms with Crippen LogP contribution in [0, 0.1) is 5.92 Å². The average molecular weight is 288 g/mol. The highest BCUT2D eigenvalue weighted by atomic mass is 16.4. The molecule has 0 amide bonds. The zero-order valence-corrected chi connectivity index (χ0v) is 12.9. The molecule has 0 spiro atoms. The van der Waals surface area contributed by atoms with Gasteiger partial charge in [0.2, 0.25) is 0 Å². The number of benzene rings is 1. The average Bonchev–Trinajstić information content (AvgIpc) is 2.74. The molecule has 0 radical (unpaired) electrons. The maximum Gasteiger partial charge on any atom is 0.419 e. The Bertz CT molecular complexity index is 667. The van der Waals surface area contributed by atoms with Crippen molar-refractivity contribution in [1.29, 1.82) is 0 Å². The Morgan fingerprint density at radius 1 is 1.43 bits per heavy atom. The number of hydrogen-bond donors (Lipinski definition) is 1. The lowest BCUT2D eigenvalue weighted by molar-refractivity contribution is 0.265. The third-order valence-corrected chi connectivity index (χ3v) is 4.68. The van der Waals surface area contributed by atoms with Crippen molar-refractivity contribution in [1.82, 2.24) is 9.88 Å². The lowest BCUT2D eigenvalue weighted by Crippen LogP contribution is -2.23. The number of oxazole rings is 1. The summed E-state index contributed by atoms with van der Waals surface area (Å²) in [5.41, 5.74) is 2.83. The minimum atomic E-state index is -0.246. The van der Waals surface area contributed by atoms with Crippen LogP contribution in [0.3, 0.4) is 0 Å². The minimum Gasteiger partial charge on any atom is -0.408 e. The number of fused-ring (bicyclic) bond motifs is 1. The summed E-state index contributed by atoms with van der Waals surface area (Å²) in [5.74, 6) is 0.596. The van der Waals surface area contributed by atoms with E-state index in [1.165, 1.54) is 31.2 Å². The molecule has 1 aromatic heterocycles. The van der Waals surface area contributed by atoms with Crippen LogP contribution in [0.4, 0.5) is 0 Å². The fourth-order valence-corrected chi connectivity index (χ4v) is 3.22. The molecule has 0 aliphatic heterocycles. The van der Waals surface area contributed by atoms with Crippen molar-refractivity contribution in [3.8, 4) is 0 Å². The van der Waals surface area contributed by atoms with E-state index >= 15 is 0 Å². The summed E-state index contributed by atoms with van der Waals surface area (Å²) in [4.78, 5) is 11.9. The second kappa shape index (κ2) is 6.06. The highest BCUT2D eigenvalue weighted by molar-refractivity contribution is 5.74. The number of aryl methyl sites for hydroxylation is 1. The molecule has 21 heavy (non-hydrogen) atoms. The molecule has 1 aromatic carbocycles. The molecule has 4 nitrogen and oxygen atoms in total. The summed E-state index contributed by atoms with van der Waals surface area (Å²) in [7, 11) is 2.01. The van der Waals surface area contributed by atoms with Gasteiger partial charge in [-0.3, -0.25) is 4.57 Å². The first-order chi connectivity index (χ1) is 10.2. The largest absolute Gasteiger partial charge is 0.419 e. The third-order valence-electron chi connectivity index (χ3n) is 4.68. The first kappa shape index (κ1) is 14.4. The maximum atomic E-state index is 11.9. The van der Waals surface area contributed by atoms with Gasteiger partial charge in [-0.05, 0) is 43.5 Å². The number of hydrogen-bond acceptors (Lipinski definition) is 3. The quantitative estimate of drug-likeness (QED) is 0.885. The van der Waals surface area contributed by atoms with Gasteiger partial charge < -0.3 is 9.73 Å². The van der Waals surface area contributed by atoms with E-state index < -0.39 is 0 Å². The van der Waals surface area contributed by atoms with Gasteiger partial charge in [-0.1, -0.05) is 32.3 Å². The summed E-state index contributed by atoms with van der Waals surface area (Å²) in [6, 6.07) is 6.53. The van der Waals surface area contributed by atoms with Crippen LogP contribution in [0.1, 0.15) is 50.6 Å². The normalized spacial score (nSPS) is 17.0. The number of aromatic nitrogens is 1. The van der Waals surface area contributed by atoms with E-state index in [1.54, 1.807) is 4.57 Å². The van der Waals surface area contributed by atoms with Crippen molar-refractivity contribution in [3.05, 3.63) is 34.3 Å². The van der Waals surface area contributed by atoms with E-state index in [4.69, 9.17) is 4.42 Å². The van der Waals surface area contributed by atoms with Gasteiger partial charge in [0.15, 0.2) is 5.58 Å². The second-order valence-corrected chi connectivity index (χ2v) is 6.12. The Balaban J connectivity index is 1.90. The Morgan fingerprint density at radius 2 is 2.24 bits per heavy atom. The SMILES string of the molecule is CCCn1c(=O)oc2cc(C(CC3CCC3)NC)ccc21. The van der Waals surface area contributed by atoms with Gasteiger partial charge in [0, 0.05) is 12.6 Å². The van der Waals surface area contributed by atoms with Gasteiger partial charge in [0.1, 0.15) is 0 Å². The zero-order chi connectivity index (χ0) is 14.8. The van der Waals surface area contributed by atoms with E-state index in [2.05, 4.69) is 18.3 Å². The van der Waals surface area contributed by atoms with Gasteiger partial charge in [0.05, 0.1) is 5.52 Å². The fraction of sp³-hybridized carbons (Fsp3) is 0.588. The molecule has 3 rings (SSSR count). The molecule has 1 aliphatic rings. The third kappa shape index (κ3) is 2.77. The molecule has 0 saturated heterocycles. The topological polar surface area (TPSA) is 47.2 Å². The van der Waals surface area contributed by atoms with E-state index in [1.807, 2.05) is 19.2 Å². The number of nitrogens with zero attached hydrogens (tertiary/aromatic N) is 1. The molecule has 0 bridgehead atoms. The van der Waals surface area contributed by atoms with E-state index in [9.17, 15) is 4.79 Å². The Morgan fingerprint density at radius 3 is 2.86 bits per heavy atom. The summed E-state index contributed by atoms with van der Waals surface area (Å²) in [5, 5.41) is 3.40. The van der Waals surface area contributed by atoms with Gasteiger partial charge in [0.25, 0.3) is 0 Å². The van der Waals surface area contributed by atoms with Crippen LogP contribution in [0.25, 0.3) is 11.1 Å². The van der Waals surface area contributed by atoms with Gasteiger partial charge in [-0.25, -0.2) is 4.79 Å². The molecule has 114 valence electrons. The molecule has 1 unspecified atom stereocenters. The van der Waals surface area contributed by atoms with Crippen LogP contribution in [0.2, 0.25) is 0 Å². The maximum absolute atomic E-state index is 11.9. The van der Waals surface area contributed by atoms with Crippen LogP contribution in [-0.4, -0.2) is 11.6 Å². The Hall–Kier alpha value is -1.55. The van der Waals surface area contributed by atoms with Crippen molar-refractivity contribution >= 4 is 11.1 Å². The first-order valence-electron chi connectivity index (χ1n) is 8.03. The van der Waals surface area contributed by atoms with Crippen molar-refractivity contribution < 1.29 is 4.42 Å².